The maximum Gasteiger partial charge on any atom is 0.253 e. The van der Waals surface area contributed by atoms with E-state index in [1.165, 1.54) is 0 Å². The molecule has 1 fully saturated rings. The highest BCUT2D eigenvalue weighted by Gasteiger charge is 2.31. The van der Waals surface area contributed by atoms with Crippen LogP contribution in [0.1, 0.15) is 50.4 Å². The zero-order valence-electron chi connectivity index (χ0n) is 14.1. The Morgan fingerprint density at radius 2 is 1.96 bits per heavy atom. The number of carbonyl (C=O) groups excluding carboxylic acids is 2. The molecule has 0 radical (unpaired) electrons. The predicted octanol–water partition coefficient (Wildman–Crippen LogP) is 3.50. The average molecular weight is 337 g/mol. The minimum Gasteiger partial charge on any atom is -0.351 e. The van der Waals surface area contributed by atoms with Gasteiger partial charge in [0.05, 0.1) is 5.92 Å². The number of amides is 2. The maximum absolute atomic E-state index is 12.6. The normalized spacial score (nSPS) is 18.6. The quantitative estimate of drug-likeness (QED) is 0.914. The van der Waals surface area contributed by atoms with Crippen molar-refractivity contribution in [1.29, 1.82) is 0 Å². The molecule has 1 N–H and O–H groups in total. The monoisotopic (exact) mass is 336 g/mol. The summed E-state index contributed by atoms with van der Waals surface area (Å²) in [5.74, 6) is -0.120. The molecular weight excluding hydrogens is 312 g/mol. The molecule has 0 aromatic heterocycles. The van der Waals surface area contributed by atoms with Crippen molar-refractivity contribution in [3.8, 4) is 0 Å². The van der Waals surface area contributed by atoms with E-state index in [0.29, 0.717) is 23.7 Å². The Labute approximate surface area is 143 Å². The van der Waals surface area contributed by atoms with Gasteiger partial charge < -0.3 is 10.2 Å². The number of nitrogens with zero attached hydrogens (tertiary/aromatic N) is 1. The van der Waals surface area contributed by atoms with Crippen LogP contribution >= 0.6 is 11.6 Å². The molecule has 1 aliphatic rings. The summed E-state index contributed by atoms with van der Waals surface area (Å²) in [6, 6.07) is 6.89. The minimum atomic E-state index is -0.209. The van der Waals surface area contributed by atoms with Gasteiger partial charge >= 0.3 is 0 Å². The summed E-state index contributed by atoms with van der Waals surface area (Å²) in [5.41, 5.74) is 0.406. The van der Waals surface area contributed by atoms with Gasteiger partial charge in [0, 0.05) is 29.2 Å². The van der Waals surface area contributed by atoms with Crippen LogP contribution in [0.2, 0.25) is 5.02 Å². The van der Waals surface area contributed by atoms with E-state index in [1.807, 2.05) is 13.8 Å². The molecule has 5 heteroatoms. The van der Waals surface area contributed by atoms with E-state index < -0.39 is 0 Å². The number of hydrogen-bond donors (Lipinski definition) is 1. The lowest BCUT2D eigenvalue weighted by molar-refractivity contribution is -0.128. The third kappa shape index (κ3) is 4.71. The second-order valence-electron chi connectivity index (χ2n) is 6.82. The van der Waals surface area contributed by atoms with Crippen LogP contribution in [-0.2, 0) is 4.79 Å². The highest BCUT2D eigenvalue weighted by atomic mass is 35.5. The van der Waals surface area contributed by atoms with Gasteiger partial charge in [0.2, 0.25) is 5.91 Å². The number of nitrogens with one attached hydrogen (secondary N) is 1. The van der Waals surface area contributed by atoms with Crippen molar-refractivity contribution in [2.45, 2.75) is 45.6 Å². The molecule has 0 unspecified atom stereocenters. The van der Waals surface area contributed by atoms with Crippen molar-refractivity contribution in [2.24, 2.45) is 5.92 Å². The number of rotatable bonds is 4. The van der Waals surface area contributed by atoms with Crippen molar-refractivity contribution in [3.05, 3.63) is 34.9 Å². The molecule has 0 bridgehead atoms. The lowest BCUT2D eigenvalue weighted by Crippen LogP contribution is -2.50. The molecule has 1 heterocycles. The smallest absolute Gasteiger partial charge is 0.253 e. The summed E-state index contributed by atoms with van der Waals surface area (Å²) in [6.45, 7) is 7.27. The van der Waals surface area contributed by atoms with Gasteiger partial charge in [-0.05, 0) is 57.4 Å². The van der Waals surface area contributed by atoms with Gasteiger partial charge in [0.15, 0.2) is 0 Å². The van der Waals surface area contributed by atoms with Gasteiger partial charge in [-0.1, -0.05) is 18.5 Å². The van der Waals surface area contributed by atoms with E-state index in [-0.39, 0.29) is 23.3 Å². The molecule has 2 rings (SSSR count). The number of hydrogen-bond acceptors (Lipinski definition) is 2. The largest absolute Gasteiger partial charge is 0.351 e. The Hall–Kier alpha value is -1.55. The number of halogens is 1. The van der Waals surface area contributed by atoms with E-state index in [4.69, 9.17) is 11.6 Å². The van der Waals surface area contributed by atoms with E-state index >= 15 is 0 Å². The molecule has 126 valence electrons. The second-order valence-corrected chi connectivity index (χ2v) is 7.26. The molecule has 0 aliphatic carbocycles. The zero-order valence-corrected chi connectivity index (χ0v) is 14.8. The van der Waals surface area contributed by atoms with E-state index in [9.17, 15) is 9.59 Å². The first-order valence-corrected chi connectivity index (χ1v) is 8.57. The highest BCUT2D eigenvalue weighted by Crippen LogP contribution is 2.21. The van der Waals surface area contributed by atoms with Gasteiger partial charge in [0.1, 0.15) is 0 Å². The van der Waals surface area contributed by atoms with Gasteiger partial charge in [-0.2, -0.15) is 0 Å². The van der Waals surface area contributed by atoms with Crippen molar-refractivity contribution in [1.82, 2.24) is 10.2 Å². The Bertz CT molecular complexity index is 569. The molecule has 2 amide bonds. The number of benzene rings is 1. The lowest BCUT2D eigenvalue weighted by atomic mass is 9.94. The molecule has 1 aromatic carbocycles. The van der Waals surface area contributed by atoms with Crippen molar-refractivity contribution in [3.63, 3.8) is 0 Å². The first-order chi connectivity index (χ1) is 10.8. The molecule has 1 saturated heterocycles. The van der Waals surface area contributed by atoms with E-state index in [1.54, 1.807) is 29.2 Å². The van der Waals surface area contributed by atoms with Crippen LogP contribution < -0.4 is 5.32 Å². The van der Waals surface area contributed by atoms with Crippen LogP contribution in [0.25, 0.3) is 0 Å². The van der Waals surface area contributed by atoms with Crippen LogP contribution in [-0.4, -0.2) is 35.3 Å². The van der Waals surface area contributed by atoms with Crippen molar-refractivity contribution in [2.75, 3.05) is 13.1 Å². The van der Waals surface area contributed by atoms with Gasteiger partial charge in [-0.15, -0.1) is 0 Å². The van der Waals surface area contributed by atoms with Crippen LogP contribution in [0.3, 0.4) is 0 Å². The van der Waals surface area contributed by atoms with Gasteiger partial charge in [0.25, 0.3) is 5.91 Å². The third-order valence-corrected chi connectivity index (χ3v) is 4.77. The van der Waals surface area contributed by atoms with E-state index in [2.05, 4.69) is 12.2 Å². The molecule has 0 saturated carbocycles. The van der Waals surface area contributed by atoms with E-state index in [0.717, 1.165) is 19.3 Å². The van der Waals surface area contributed by atoms with Crippen LogP contribution in [0.4, 0.5) is 0 Å². The summed E-state index contributed by atoms with van der Waals surface area (Å²) in [5, 5.41) is 3.70. The zero-order chi connectivity index (χ0) is 17.0. The Morgan fingerprint density at radius 3 is 2.57 bits per heavy atom. The molecule has 0 spiro atoms. The molecule has 1 aliphatic heterocycles. The van der Waals surface area contributed by atoms with Crippen molar-refractivity contribution < 1.29 is 9.59 Å². The molecule has 23 heavy (non-hydrogen) atoms. The molecule has 1 atom stereocenters. The standard InChI is InChI=1S/C18H25ClN2O2/c1-4-18(2,3)20-16(22)14-6-5-11-21(12-14)17(23)13-7-9-15(19)10-8-13/h7-10,14H,4-6,11-12H2,1-3H3,(H,20,22)/t14-/m0/s1. The Morgan fingerprint density at radius 1 is 1.30 bits per heavy atom. The van der Waals surface area contributed by atoms with Crippen molar-refractivity contribution >= 4 is 23.4 Å². The Balaban J connectivity index is 2.01. The molecular formula is C18H25ClN2O2. The second kappa shape index (κ2) is 7.35. The molecule has 4 nitrogen and oxygen atoms in total. The fourth-order valence-electron chi connectivity index (χ4n) is 2.67. The summed E-state index contributed by atoms with van der Waals surface area (Å²) >= 11 is 5.86. The average Bonchev–Trinajstić information content (AvgIpc) is 2.54. The topological polar surface area (TPSA) is 49.4 Å². The van der Waals surface area contributed by atoms with Crippen LogP contribution in [0, 0.1) is 5.92 Å². The minimum absolute atomic E-state index is 0.0334. The summed E-state index contributed by atoms with van der Waals surface area (Å²) in [6.07, 6.45) is 2.55. The van der Waals surface area contributed by atoms with Gasteiger partial charge in [-0.25, -0.2) is 0 Å². The highest BCUT2D eigenvalue weighted by molar-refractivity contribution is 6.30. The Kier molecular flexibility index (Phi) is 5.69. The first-order valence-electron chi connectivity index (χ1n) is 8.19. The fourth-order valence-corrected chi connectivity index (χ4v) is 2.80. The maximum atomic E-state index is 12.6. The summed E-state index contributed by atoms with van der Waals surface area (Å²) in [7, 11) is 0. The van der Waals surface area contributed by atoms with Crippen LogP contribution in [0.15, 0.2) is 24.3 Å². The third-order valence-electron chi connectivity index (χ3n) is 4.52. The van der Waals surface area contributed by atoms with Crippen LogP contribution in [0.5, 0.6) is 0 Å². The predicted molar refractivity (Wildman–Crippen MR) is 92.6 cm³/mol. The number of piperidine rings is 1. The van der Waals surface area contributed by atoms with Gasteiger partial charge in [-0.3, -0.25) is 9.59 Å². The summed E-state index contributed by atoms with van der Waals surface area (Å²) < 4.78 is 0. The number of carbonyl (C=O) groups is 2. The first kappa shape index (κ1) is 17.8. The number of likely N-dealkylation sites (tertiary alicyclic amines) is 1. The molecule has 1 aromatic rings. The SMILES string of the molecule is CCC(C)(C)NC(=O)[C@H]1CCCN(C(=O)c2ccc(Cl)cc2)C1. The lowest BCUT2D eigenvalue weighted by Gasteiger charge is -2.34. The fraction of sp³-hybridized carbons (Fsp3) is 0.556. The summed E-state index contributed by atoms with van der Waals surface area (Å²) in [4.78, 5) is 26.8.